The van der Waals surface area contributed by atoms with Gasteiger partial charge in [0.15, 0.2) is 9.84 Å². The summed E-state index contributed by atoms with van der Waals surface area (Å²) in [5, 5.41) is 3.01. The molecule has 0 spiro atoms. The van der Waals surface area contributed by atoms with E-state index in [0.29, 0.717) is 23.7 Å². The average molecular weight is 407 g/mol. The number of carbonyl (C=O) groups is 2. The summed E-state index contributed by atoms with van der Waals surface area (Å²) < 4.78 is 25.2. The molecule has 0 atom stereocenters. The third-order valence-electron chi connectivity index (χ3n) is 4.43. The van der Waals surface area contributed by atoms with E-state index in [2.05, 4.69) is 5.32 Å². The highest BCUT2D eigenvalue weighted by Crippen LogP contribution is 2.30. The second-order valence-electron chi connectivity index (χ2n) is 6.31. The van der Waals surface area contributed by atoms with Crippen LogP contribution in [0.25, 0.3) is 0 Å². The van der Waals surface area contributed by atoms with Crippen LogP contribution >= 0.6 is 11.6 Å². The van der Waals surface area contributed by atoms with Gasteiger partial charge in [-0.3, -0.25) is 9.59 Å². The van der Waals surface area contributed by atoms with Gasteiger partial charge in [-0.15, -0.1) is 0 Å². The quantitative estimate of drug-likeness (QED) is 0.827. The van der Waals surface area contributed by atoms with Crippen molar-refractivity contribution in [3.05, 3.63) is 53.1 Å². The number of anilines is 2. The molecule has 8 heteroatoms. The average Bonchev–Trinajstić information content (AvgIpc) is 3.05. The van der Waals surface area contributed by atoms with Gasteiger partial charge in [-0.25, -0.2) is 8.42 Å². The number of hydrogen-bond donors (Lipinski definition) is 1. The summed E-state index contributed by atoms with van der Waals surface area (Å²) in [6.45, 7) is 2.03. The Morgan fingerprint density at radius 1 is 1.19 bits per heavy atom. The Balaban J connectivity index is 1.68. The normalized spacial score (nSPS) is 13.3. The van der Waals surface area contributed by atoms with Crippen LogP contribution in [0.2, 0.25) is 5.02 Å². The standard InChI is InChI=1S/C19H19ClN2O4S/c1-13(23)22-10-8-14-12-15(6-7-18(14)22)27(25,26)11-9-19(24)21-17-5-3-2-4-16(17)20/h2-7,12H,8-11H2,1H3,(H,21,24). The van der Waals surface area contributed by atoms with Gasteiger partial charge in [0.1, 0.15) is 0 Å². The molecule has 2 aromatic rings. The summed E-state index contributed by atoms with van der Waals surface area (Å²) in [5.74, 6) is -0.797. The molecule has 142 valence electrons. The minimum atomic E-state index is -3.61. The van der Waals surface area contributed by atoms with Crippen molar-refractivity contribution < 1.29 is 18.0 Å². The Morgan fingerprint density at radius 2 is 1.93 bits per heavy atom. The molecular formula is C19H19ClN2O4S. The van der Waals surface area contributed by atoms with Gasteiger partial charge in [0.05, 0.1) is 21.4 Å². The van der Waals surface area contributed by atoms with E-state index in [1.807, 2.05) is 0 Å². The molecule has 0 bridgehead atoms. The Bertz CT molecular complexity index is 1000. The van der Waals surface area contributed by atoms with Crippen molar-refractivity contribution in [2.45, 2.75) is 24.7 Å². The molecule has 6 nitrogen and oxygen atoms in total. The zero-order valence-corrected chi connectivity index (χ0v) is 16.3. The fourth-order valence-electron chi connectivity index (χ4n) is 3.02. The van der Waals surface area contributed by atoms with Crippen molar-refractivity contribution in [1.29, 1.82) is 0 Å². The smallest absolute Gasteiger partial charge is 0.225 e. The summed E-state index contributed by atoms with van der Waals surface area (Å²) in [4.78, 5) is 25.5. The maximum atomic E-state index is 12.6. The van der Waals surface area contributed by atoms with E-state index in [1.54, 1.807) is 41.3 Å². The molecule has 2 amide bonds. The lowest BCUT2D eigenvalue weighted by Gasteiger charge is -2.15. The SMILES string of the molecule is CC(=O)N1CCc2cc(S(=O)(=O)CCC(=O)Nc3ccccc3Cl)ccc21. The first-order valence-corrected chi connectivity index (χ1v) is 10.5. The summed E-state index contributed by atoms with van der Waals surface area (Å²) in [6, 6.07) is 11.5. The van der Waals surface area contributed by atoms with E-state index in [9.17, 15) is 18.0 Å². The van der Waals surface area contributed by atoms with Gasteiger partial charge >= 0.3 is 0 Å². The Labute approximate surface area is 163 Å². The van der Waals surface area contributed by atoms with Crippen LogP contribution in [-0.4, -0.2) is 32.5 Å². The van der Waals surface area contributed by atoms with Gasteiger partial charge in [-0.1, -0.05) is 23.7 Å². The van der Waals surface area contributed by atoms with Crippen LogP contribution in [0.3, 0.4) is 0 Å². The van der Waals surface area contributed by atoms with Crippen LogP contribution in [-0.2, 0) is 25.8 Å². The first-order chi connectivity index (χ1) is 12.8. The van der Waals surface area contributed by atoms with Crippen molar-refractivity contribution in [2.75, 3.05) is 22.5 Å². The van der Waals surface area contributed by atoms with Crippen LogP contribution in [0.1, 0.15) is 18.9 Å². The molecular weight excluding hydrogens is 388 g/mol. The molecule has 0 aromatic heterocycles. The fraction of sp³-hybridized carbons (Fsp3) is 0.263. The Hall–Kier alpha value is -2.38. The molecule has 0 saturated heterocycles. The number of benzene rings is 2. The molecule has 1 aliphatic heterocycles. The summed E-state index contributed by atoms with van der Waals surface area (Å²) in [6.07, 6.45) is 0.440. The highest BCUT2D eigenvalue weighted by molar-refractivity contribution is 7.91. The minimum Gasteiger partial charge on any atom is -0.325 e. The molecule has 2 aromatic carbocycles. The van der Waals surface area contributed by atoms with Gasteiger partial charge < -0.3 is 10.2 Å². The largest absolute Gasteiger partial charge is 0.325 e. The maximum absolute atomic E-state index is 12.6. The highest BCUT2D eigenvalue weighted by Gasteiger charge is 2.25. The van der Waals surface area contributed by atoms with Crippen molar-refractivity contribution in [3.8, 4) is 0 Å². The van der Waals surface area contributed by atoms with E-state index < -0.39 is 15.7 Å². The second kappa shape index (κ2) is 7.70. The van der Waals surface area contributed by atoms with Crippen molar-refractivity contribution in [1.82, 2.24) is 0 Å². The predicted octanol–water partition coefficient (Wildman–Crippen LogP) is 3.05. The Morgan fingerprint density at radius 3 is 2.63 bits per heavy atom. The molecule has 0 radical (unpaired) electrons. The second-order valence-corrected chi connectivity index (χ2v) is 8.82. The molecule has 0 unspecified atom stereocenters. The summed E-state index contributed by atoms with van der Waals surface area (Å²) in [7, 11) is -3.61. The van der Waals surface area contributed by atoms with E-state index in [0.717, 1.165) is 11.3 Å². The first-order valence-electron chi connectivity index (χ1n) is 8.46. The van der Waals surface area contributed by atoms with Gasteiger partial charge in [0, 0.05) is 25.6 Å². The number of rotatable bonds is 5. The number of nitrogens with one attached hydrogen (secondary N) is 1. The minimum absolute atomic E-state index is 0.0689. The van der Waals surface area contributed by atoms with Gasteiger partial charge in [-0.2, -0.15) is 0 Å². The molecule has 27 heavy (non-hydrogen) atoms. The molecule has 1 heterocycles. The summed E-state index contributed by atoms with van der Waals surface area (Å²) in [5.41, 5.74) is 2.02. The number of fused-ring (bicyclic) bond motifs is 1. The number of halogens is 1. The first kappa shape index (κ1) is 19.4. The number of amides is 2. The van der Waals surface area contributed by atoms with Crippen LogP contribution < -0.4 is 10.2 Å². The van der Waals surface area contributed by atoms with E-state index in [4.69, 9.17) is 11.6 Å². The number of hydrogen-bond acceptors (Lipinski definition) is 4. The van der Waals surface area contributed by atoms with Gasteiger partial charge in [-0.05, 0) is 42.3 Å². The number of carbonyl (C=O) groups excluding carboxylic acids is 2. The third kappa shape index (κ3) is 4.31. The summed E-state index contributed by atoms with van der Waals surface area (Å²) >= 11 is 5.98. The van der Waals surface area contributed by atoms with Gasteiger partial charge in [0.2, 0.25) is 11.8 Å². The molecule has 1 aliphatic rings. The topological polar surface area (TPSA) is 83.6 Å². The van der Waals surface area contributed by atoms with Crippen LogP contribution in [0, 0.1) is 0 Å². The van der Waals surface area contributed by atoms with Crippen molar-refractivity contribution in [3.63, 3.8) is 0 Å². The molecule has 0 saturated carbocycles. The van der Waals surface area contributed by atoms with Crippen LogP contribution in [0.4, 0.5) is 11.4 Å². The maximum Gasteiger partial charge on any atom is 0.225 e. The zero-order valence-electron chi connectivity index (χ0n) is 14.7. The highest BCUT2D eigenvalue weighted by atomic mass is 35.5. The monoisotopic (exact) mass is 406 g/mol. The molecule has 3 rings (SSSR count). The molecule has 1 N–H and O–H groups in total. The molecule has 0 aliphatic carbocycles. The molecule has 0 fully saturated rings. The van der Waals surface area contributed by atoms with E-state index in [1.165, 1.54) is 13.0 Å². The number of sulfone groups is 1. The van der Waals surface area contributed by atoms with Crippen molar-refractivity contribution >= 4 is 44.6 Å². The van der Waals surface area contributed by atoms with Crippen LogP contribution in [0.15, 0.2) is 47.4 Å². The fourth-order valence-corrected chi connectivity index (χ4v) is 4.49. The van der Waals surface area contributed by atoms with E-state index in [-0.39, 0.29) is 23.0 Å². The lowest BCUT2D eigenvalue weighted by atomic mass is 10.2. The lowest BCUT2D eigenvalue weighted by molar-refractivity contribution is -0.117. The van der Waals surface area contributed by atoms with Crippen LogP contribution in [0.5, 0.6) is 0 Å². The Kier molecular flexibility index (Phi) is 5.53. The van der Waals surface area contributed by atoms with Gasteiger partial charge in [0.25, 0.3) is 0 Å². The zero-order chi connectivity index (χ0) is 19.6. The number of nitrogens with zero attached hydrogens (tertiary/aromatic N) is 1. The predicted molar refractivity (Wildman–Crippen MR) is 105 cm³/mol. The van der Waals surface area contributed by atoms with Crippen molar-refractivity contribution in [2.24, 2.45) is 0 Å². The third-order valence-corrected chi connectivity index (χ3v) is 6.47. The lowest BCUT2D eigenvalue weighted by Crippen LogP contribution is -2.25. The van der Waals surface area contributed by atoms with E-state index >= 15 is 0 Å². The number of para-hydroxylation sites is 1.